The molecule has 0 unspecified atom stereocenters. The number of anilines is 1. The quantitative estimate of drug-likeness (QED) is 0.869. The molecule has 0 radical (unpaired) electrons. The monoisotopic (exact) mass is 249 g/mol. The van der Waals surface area contributed by atoms with Gasteiger partial charge in [-0.1, -0.05) is 13.8 Å². The van der Waals surface area contributed by atoms with Gasteiger partial charge in [0.15, 0.2) is 0 Å². The Labute approximate surface area is 109 Å². The van der Waals surface area contributed by atoms with Crippen LogP contribution >= 0.6 is 0 Å². The zero-order chi connectivity index (χ0) is 13.0. The number of aromatic nitrogens is 1. The fraction of sp³-hybridized carbons (Fsp3) is 0.643. The molecule has 1 saturated heterocycles. The minimum Gasteiger partial charge on any atom is -0.493 e. The van der Waals surface area contributed by atoms with E-state index in [-0.39, 0.29) is 5.41 Å². The van der Waals surface area contributed by atoms with Crippen LogP contribution in [0.15, 0.2) is 18.3 Å². The van der Waals surface area contributed by atoms with E-state index in [1.807, 2.05) is 6.07 Å². The van der Waals surface area contributed by atoms with Gasteiger partial charge in [-0.25, -0.2) is 4.98 Å². The topological polar surface area (TPSA) is 51.4 Å². The largest absolute Gasteiger partial charge is 0.493 e. The van der Waals surface area contributed by atoms with Crippen LogP contribution in [0.2, 0.25) is 0 Å². The molecule has 0 atom stereocenters. The van der Waals surface area contributed by atoms with Gasteiger partial charge in [-0.3, -0.25) is 0 Å². The Balaban J connectivity index is 1.84. The van der Waals surface area contributed by atoms with Gasteiger partial charge in [-0.15, -0.1) is 0 Å². The molecule has 0 spiro atoms. The van der Waals surface area contributed by atoms with Crippen LogP contribution in [-0.2, 0) is 0 Å². The van der Waals surface area contributed by atoms with Crippen LogP contribution in [0.25, 0.3) is 0 Å². The van der Waals surface area contributed by atoms with Crippen molar-refractivity contribution in [2.24, 2.45) is 5.41 Å². The van der Waals surface area contributed by atoms with E-state index >= 15 is 0 Å². The van der Waals surface area contributed by atoms with Gasteiger partial charge in [-0.2, -0.15) is 0 Å². The second-order valence-corrected chi connectivity index (χ2v) is 5.85. The van der Waals surface area contributed by atoms with E-state index in [1.165, 1.54) is 25.9 Å². The van der Waals surface area contributed by atoms with Crippen molar-refractivity contribution in [3.63, 3.8) is 0 Å². The van der Waals surface area contributed by atoms with Crippen LogP contribution in [0.1, 0.15) is 26.7 Å². The lowest BCUT2D eigenvalue weighted by atomic mass is 9.94. The van der Waals surface area contributed by atoms with Crippen molar-refractivity contribution in [3.8, 4) is 5.75 Å². The number of nitrogen functional groups attached to an aromatic ring is 1. The molecule has 0 aliphatic carbocycles. The summed E-state index contributed by atoms with van der Waals surface area (Å²) in [4.78, 5) is 6.48. The van der Waals surface area contributed by atoms with Gasteiger partial charge in [0, 0.05) is 24.2 Å². The predicted octanol–water partition coefficient (Wildman–Crippen LogP) is 2.16. The number of hydrogen-bond acceptors (Lipinski definition) is 4. The summed E-state index contributed by atoms with van der Waals surface area (Å²) in [6, 6.07) is 3.62. The van der Waals surface area contributed by atoms with E-state index in [0.717, 1.165) is 12.3 Å². The third-order valence-electron chi connectivity index (χ3n) is 3.23. The number of pyridine rings is 1. The van der Waals surface area contributed by atoms with Crippen molar-refractivity contribution in [1.29, 1.82) is 0 Å². The highest BCUT2D eigenvalue weighted by atomic mass is 16.5. The maximum absolute atomic E-state index is 5.82. The van der Waals surface area contributed by atoms with Gasteiger partial charge < -0.3 is 15.4 Å². The number of likely N-dealkylation sites (tertiary alicyclic amines) is 1. The first-order valence-electron chi connectivity index (χ1n) is 6.62. The molecule has 2 N–H and O–H groups in total. The van der Waals surface area contributed by atoms with Crippen molar-refractivity contribution >= 4 is 5.82 Å². The zero-order valence-electron chi connectivity index (χ0n) is 11.4. The van der Waals surface area contributed by atoms with Crippen molar-refractivity contribution in [2.45, 2.75) is 26.7 Å². The highest BCUT2D eigenvalue weighted by molar-refractivity contribution is 5.35. The summed E-state index contributed by atoms with van der Waals surface area (Å²) in [6.07, 6.45) is 4.34. The van der Waals surface area contributed by atoms with Crippen molar-refractivity contribution in [1.82, 2.24) is 9.88 Å². The summed E-state index contributed by atoms with van der Waals surface area (Å²) in [5.74, 6) is 1.31. The fourth-order valence-electron chi connectivity index (χ4n) is 2.39. The van der Waals surface area contributed by atoms with Gasteiger partial charge in [0.2, 0.25) is 0 Å². The number of ether oxygens (including phenoxy) is 1. The van der Waals surface area contributed by atoms with Gasteiger partial charge in [0.25, 0.3) is 0 Å². The highest BCUT2D eigenvalue weighted by Crippen LogP contribution is 2.22. The Kier molecular flexibility index (Phi) is 4.07. The molecular formula is C14H23N3O. The molecular weight excluding hydrogens is 226 g/mol. The van der Waals surface area contributed by atoms with E-state index in [2.05, 4.69) is 23.7 Å². The second kappa shape index (κ2) is 5.57. The normalized spacial score (nSPS) is 17.0. The molecule has 100 valence electrons. The molecule has 1 aliphatic rings. The Morgan fingerprint density at radius 2 is 2.11 bits per heavy atom. The van der Waals surface area contributed by atoms with Crippen LogP contribution in [-0.4, -0.2) is 36.1 Å². The molecule has 2 rings (SSSR count). The molecule has 0 saturated carbocycles. The third kappa shape index (κ3) is 3.88. The lowest BCUT2D eigenvalue weighted by Gasteiger charge is -2.29. The highest BCUT2D eigenvalue weighted by Gasteiger charge is 2.24. The Bertz CT molecular complexity index is 386. The molecule has 1 fully saturated rings. The maximum Gasteiger partial charge on any atom is 0.126 e. The van der Waals surface area contributed by atoms with E-state index in [4.69, 9.17) is 10.5 Å². The van der Waals surface area contributed by atoms with Gasteiger partial charge in [0.1, 0.15) is 11.6 Å². The third-order valence-corrected chi connectivity index (χ3v) is 3.23. The van der Waals surface area contributed by atoms with E-state index < -0.39 is 0 Å². The summed E-state index contributed by atoms with van der Waals surface area (Å²) in [6.45, 7) is 8.74. The Morgan fingerprint density at radius 3 is 2.78 bits per heavy atom. The van der Waals surface area contributed by atoms with Crippen LogP contribution < -0.4 is 10.5 Å². The maximum atomic E-state index is 5.82. The van der Waals surface area contributed by atoms with E-state index in [9.17, 15) is 0 Å². The lowest BCUT2D eigenvalue weighted by Crippen LogP contribution is -2.36. The molecule has 18 heavy (non-hydrogen) atoms. The number of nitrogens with zero attached hydrogens (tertiary/aromatic N) is 2. The SMILES string of the molecule is CC(C)(COc1ccnc(N)c1)CN1CCCC1. The van der Waals surface area contributed by atoms with Crippen LogP contribution in [0.5, 0.6) is 5.75 Å². The predicted molar refractivity (Wildman–Crippen MR) is 73.6 cm³/mol. The molecule has 2 heterocycles. The minimum atomic E-state index is 0.155. The molecule has 0 bridgehead atoms. The molecule has 1 aromatic heterocycles. The first-order chi connectivity index (χ1) is 8.55. The average Bonchev–Trinajstić information content (AvgIpc) is 2.79. The number of nitrogens with two attached hydrogens (primary N) is 1. The van der Waals surface area contributed by atoms with Crippen molar-refractivity contribution < 1.29 is 4.74 Å². The summed E-state index contributed by atoms with van der Waals surface area (Å²) in [5, 5.41) is 0. The van der Waals surface area contributed by atoms with Crippen molar-refractivity contribution in [2.75, 3.05) is 32.0 Å². The van der Waals surface area contributed by atoms with Crippen LogP contribution in [0.3, 0.4) is 0 Å². The Morgan fingerprint density at radius 1 is 1.39 bits per heavy atom. The van der Waals surface area contributed by atoms with E-state index in [0.29, 0.717) is 12.4 Å². The summed E-state index contributed by atoms with van der Waals surface area (Å²) >= 11 is 0. The second-order valence-electron chi connectivity index (χ2n) is 5.85. The molecule has 0 amide bonds. The smallest absolute Gasteiger partial charge is 0.126 e. The molecule has 4 nitrogen and oxygen atoms in total. The minimum absolute atomic E-state index is 0.155. The zero-order valence-corrected chi connectivity index (χ0v) is 11.4. The average molecular weight is 249 g/mol. The summed E-state index contributed by atoms with van der Waals surface area (Å²) in [7, 11) is 0. The molecule has 1 aliphatic heterocycles. The fourth-order valence-corrected chi connectivity index (χ4v) is 2.39. The summed E-state index contributed by atoms with van der Waals surface area (Å²) in [5.41, 5.74) is 5.79. The van der Waals surface area contributed by atoms with Gasteiger partial charge >= 0.3 is 0 Å². The van der Waals surface area contributed by atoms with Crippen molar-refractivity contribution in [3.05, 3.63) is 18.3 Å². The van der Waals surface area contributed by atoms with E-state index in [1.54, 1.807) is 12.3 Å². The first kappa shape index (κ1) is 13.1. The molecule has 0 aromatic carbocycles. The lowest BCUT2D eigenvalue weighted by molar-refractivity contribution is 0.129. The van der Waals surface area contributed by atoms with Crippen LogP contribution in [0, 0.1) is 5.41 Å². The van der Waals surface area contributed by atoms with Gasteiger partial charge in [-0.05, 0) is 32.0 Å². The number of rotatable bonds is 5. The number of hydrogen-bond donors (Lipinski definition) is 1. The van der Waals surface area contributed by atoms with Crippen LogP contribution in [0.4, 0.5) is 5.82 Å². The molecule has 1 aromatic rings. The standard InChI is InChI=1S/C14H23N3O/c1-14(2,10-17-7-3-4-8-17)11-18-12-5-6-16-13(15)9-12/h5-6,9H,3-4,7-8,10-11H2,1-2H3,(H2,15,16). The molecule has 4 heteroatoms. The summed E-state index contributed by atoms with van der Waals surface area (Å²) < 4.78 is 5.82. The van der Waals surface area contributed by atoms with Gasteiger partial charge in [0.05, 0.1) is 6.61 Å². The first-order valence-corrected chi connectivity index (χ1v) is 6.62. The Hall–Kier alpha value is -1.29.